The summed E-state index contributed by atoms with van der Waals surface area (Å²) >= 11 is 3.16. The minimum absolute atomic E-state index is 0.0916. The second-order valence-corrected chi connectivity index (χ2v) is 5.19. The molecule has 7 heteroatoms. The van der Waals surface area contributed by atoms with Gasteiger partial charge in [-0.25, -0.2) is 4.39 Å². The van der Waals surface area contributed by atoms with E-state index >= 15 is 0 Å². The van der Waals surface area contributed by atoms with E-state index in [0.29, 0.717) is 10.0 Å². The molecule has 0 saturated carbocycles. The molecule has 0 unspecified atom stereocenters. The summed E-state index contributed by atoms with van der Waals surface area (Å²) in [5, 5.41) is 13.4. The van der Waals surface area contributed by atoms with E-state index in [0.717, 1.165) is 6.07 Å². The second-order valence-electron chi connectivity index (χ2n) is 4.34. The number of hydrogen-bond acceptors (Lipinski definition) is 3. The van der Waals surface area contributed by atoms with E-state index in [1.165, 1.54) is 24.3 Å². The number of carbonyl (C=O) groups excluding carboxylic acids is 1. The number of hydrogen-bond donors (Lipinski definition) is 1. The van der Waals surface area contributed by atoms with Gasteiger partial charge in [-0.2, -0.15) is 0 Å². The first-order chi connectivity index (χ1) is 9.88. The van der Waals surface area contributed by atoms with E-state index in [1.54, 1.807) is 13.0 Å². The SMILES string of the molecule is Cc1ccc(NC(=O)c2cc(F)ccc2Br)cc1[N+](=O)[O-]. The molecule has 0 heterocycles. The Hall–Kier alpha value is -2.28. The maximum absolute atomic E-state index is 13.2. The van der Waals surface area contributed by atoms with Crippen LogP contribution in [0, 0.1) is 22.9 Å². The molecule has 1 amide bonds. The van der Waals surface area contributed by atoms with E-state index in [-0.39, 0.29) is 16.9 Å². The van der Waals surface area contributed by atoms with Crippen LogP contribution >= 0.6 is 15.9 Å². The van der Waals surface area contributed by atoms with E-state index in [4.69, 9.17) is 0 Å². The number of aryl methyl sites for hydroxylation is 1. The third-order valence-corrected chi connectivity index (χ3v) is 3.53. The molecule has 0 aliphatic rings. The van der Waals surface area contributed by atoms with Gasteiger partial charge in [0.1, 0.15) is 5.82 Å². The smallest absolute Gasteiger partial charge is 0.274 e. The standard InChI is InChI=1S/C14H10BrFN2O3/c1-8-2-4-10(7-13(8)18(20)21)17-14(19)11-6-9(16)3-5-12(11)15/h2-7H,1H3,(H,17,19). The lowest BCUT2D eigenvalue weighted by Gasteiger charge is -2.08. The molecule has 0 aliphatic carbocycles. The summed E-state index contributed by atoms with van der Waals surface area (Å²) in [4.78, 5) is 22.4. The fourth-order valence-electron chi connectivity index (χ4n) is 1.75. The van der Waals surface area contributed by atoms with Crippen molar-refractivity contribution in [3.63, 3.8) is 0 Å². The average molecular weight is 353 g/mol. The number of nitrogens with zero attached hydrogens (tertiary/aromatic N) is 1. The zero-order chi connectivity index (χ0) is 15.6. The number of nitro groups is 1. The number of amides is 1. The number of carbonyl (C=O) groups is 1. The quantitative estimate of drug-likeness (QED) is 0.668. The largest absolute Gasteiger partial charge is 0.322 e. The van der Waals surface area contributed by atoms with Crippen LogP contribution in [0.3, 0.4) is 0 Å². The van der Waals surface area contributed by atoms with Gasteiger partial charge < -0.3 is 5.32 Å². The number of anilines is 1. The Bertz CT molecular complexity index is 734. The number of nitrogens with one attached hydrogen (secondary N) is 1. The molecule has 0 atom stereocenters. The Kier molecular flexibility index (Phi) is 4.32. The Balaban J connectivity index is 2.29. The highest BCUT2D eigenvalue weighted by molar-refractivity contribution is 9.10. The number of nitro benzene ring substituents is 1. The zero-order valence-corrected chi connectivity index (χ0v) is 12.5. The van der Waals surface area contributed by atoms with Crippen LogP contribution in [-0.4, -0.2) is 10.8 Å². The van der Waals surface area contributed by atoms with Crippen LogP contribution in [0.1, 0.15) is 15.9 Å². The third kappa shape index (κ3) is 3.43. The summed E-state index contributed by atoms with van der Waals surface area (Å²) in [6.45, 7) is 1.60. The maximum atomic E-state index is 13.2. The molecular weight excluding hydrogens is 343 g/mol. The average Bonchev–Trinajstić information content (AvgIpc) is 2.43. The van der Waals surface area contributed by atoms with Crippen molar-refractivity contribution >= 4 is 33.2 Å². The van der Waals surface area contributed by atoms with Gasteiger partial charge in [0, 0.05) is 21.8 Å². The van der Waals surface area contributed by atoms with Crippen molar-refractivity contribution in [3.8, 4) is 0 Å². The van der Waals surface area contributed by atoms with Crippen LogP contribution in [0.25, 0.3) is 0 Å². The van der Waals surface area contributed by atoms with Gasteiger partial charge >= 0.3 is 0 Å². The molecular formula is C14H10BrFN2O3. The van der Waals surface area contributed by atoms with E-state index in [1.807, 2.05) is 0 Å². The van der Waals surface area contributed by atoms with Crippen molar-refractivity contribution in [1.82, 2.24) is 0 Å². The van der Waals surface area contributed by atoms with Crippen LogP contribution < -0.4 is 5.32 Å². The summed E-state index contributed by atoms with van der Waals surface area (Å²) in [6.07, 6.45) is 0. The van der Waals surface area contributed by atoms with Crippen LogP contribution in [0.2, 0.25) is 0 Å². The van der Waals surface area contributed by atoms with E-state index in [9.17, 15) is 19.3 Å². The van der Waals surface area contributed by atoms with Crippen LogP contribution in [-0.2, 0) is 0 Å². The van der Waals surface area contributed by atoms with Crippen molar-refractivity contribution in [2.45, 2.75) is 6.92 Å². The Morgan fingerprint density at radius 2 is 2.00 bits per heavy atom. The molecule has 0 spiro atoms. The van der Waals surface area contributed by atoms with Gasteiger partial charge in [0.2, 0.25) is 0 Å². The lowest BCUT2D eigenvalue weighted by Crippen LogP contribution is -2.13. The monoisotopic (exact) mass is 352 g/mol. The molecule has 21 heavy (non-hydrogen) atoms. The van der Waals surface area contributed by atoms with E-state index < -0.39 is 16.6 Å². The first kappa shape index (κ1) is 15.1. The zero-order valence-electron chi connectivity index (χ0n) is 10.9. The summed E-state index contributed by atoms with van der Waals surface area (Å²) in [7, 11) is 0. The predicted molar refractivity (Wildman–Crippen MR) is 79.9 cm³/mol. The molecule has 0 aromatic heterocycles. The minimum Gasteiger partial charge on any atom is -0.322 e. The summed E-state index contributed by atoms with van der Waals surface area (Å²) in [6, 6.07) is 8.07. The molecule has 0 saturated heterocycles. The predicted octanol–water partition coefficient (Wildman–Crippen LogP) is 4.06. The molecule has 0 bridgehead atoms. The highest BCUT2D eigenvalue weighted by Crippen LogP contribution is 2.24. The molecule has 108 valence electrons. The number of rotatable bonds is 3. The highest BCUT2D eigenvalue weighted by Gasteiger charge is 2.15. The van der Waals surface area contributed by atoms with Crippen molar-refractivity contribution in [2.75, 3.05) is 5.32 Å². The fraction of sp³-hybridized carbons (Fsp3) is 0.0714. The molecule has 0 aliphatic heterocycles. The Morgan fingerprint density at radius 1 is 1.29 bits per heavy atom. The van der Waals surface area contributed by atoms with Gasteiger partial charge in [-0.3, -0.25) is 14.9 Å². The molecule has 5 nitrogen and oxygen atoms in total. The van der Waals surface area contributed by atoms with Crippen LogP contribution in [0.15, 0.2) is 40.9 Å². The molecule has 2 aromatic carbocycles. The van der Waals surface area contributed by atoms with Gasteiger partial charge in [0.25, 0.3) is 11.6 Å². The normalized spacial score (nSPS) is 10.2. The van der Waals surface area contributed by atoms with Crippen molar-refractivity contribution < 1.29 is 14.1 Å². The van der Waals surface area contributed by atoms with Crippen molar-refractivity contribution in [2.24, 2.45) is 0 Å². The third-order valence-electron chi connectivity index (χ3n) is 2.84. The topological polar surface area (TPSA) is 72.2 Å². The van der Waals surface area contributed by atoms with Crippen LogP contribution in [0.5, 0.6) is 0 Å². The summed E-state index contributed by atoms with van der Waals surface area (Å²) in [5.41, 5.74) is 0.780. The number of halogens is 2. The van der Waals surface area contributed by atoms with Crippen LogP contribution in [0.4, 0.5) is 15.8 Å². The maximum Gasteiger partial charge on any atom is 0.274 e. The first-order valence-electron chi connectivity index (χ1n) is 5.90. The second kappa shape index (κ2) is 6.01. The summed E-state index contributed by atoms with van der Waals surface area (Å²) in [5.74, 6) is -1.10. The summed E-state index contributed by atoms with van der Waals surface area (Å²) < 4.78 is 13.6. The lowest BCUT2D eigenvalue weighted by molar-refractivity contribution is -0.385. The van der Waals surface area contributed by atoms with Gasteiger partial charge in [0.05, 0.1) is 10.5 Å². The van der Waals surface area contributed by atoms with Gasteiger partial charge in [-0.05, 0) is 47.1 Å². The van der Waals surface area contributed by atoms with Gasteiger partial charge in [0.15, 0.2) is 0 Å². The van der Waals surface area contributed by atoms with Gasteiger partial charge in [-0.15, -0.1) is 0 Å². The highest BCUT2D eigenvalue weighted by atomic mass is 79.9. The number of benzene rings is 2. The molecule has 2 aromatic rings. The first-order valence-corrected chi connectivity index (χ1v) is 6.69. The Labute approximate surface area is 128 Å². The molecule has 2 rings (SSSR count). The molecule has 1 N–H and O–H groups in total. The van der Waals surface area contributed by atoms with Crippen molar-refractivity contribution in [3.05, 3.63) is 67.9 Å². The fourth-order valence-corrected chi connectivity index (χ4v) is 2.18. The van der Waals surface area contributed by atoms with Gasteiger partial charge in [-0.1, -0.05) is 6.07 Å². The molecule has 0 radical (unpaired) electrons. The molecule has 0 fully saturated rings. The van der Waals surface area contributed by atoms with Crippen molar-refractivity contribution in [1.29, 1.82) is 0 Å². The Morgan fingerprint density at radius 3 is 2.67 bits per heavy atom. The lowest BCUT2D eigenvalue weighted by atomic mass is 10.1. The minimum atomic E-state index is -0.556. The van der Waals surface area contributed by atoms with E-state index in [2.05, 4.69) is 21.2 Å².